The lowest BCUT2D eigenvalue weighted by Crippen LogP contribution is -2.36. The number of carboxylic acids is 1. The van der Waals surface area contributed by atoms with Crippen LogP contribution >= 0.6 is 11.3 Å². The number of carbonyl (C=O) groups is 2. The number of hydrogen-bond acceptors (Lipinski definition) is 4. The second-order valence-electron chi connectivity index (χ2n) is 4.97. The Morgan fingerprint density at radius 2 is 2.32 bits per heavy atom. The van der Waals surface area contributed by atoms with Crippen molar-refractivity contribution in [2.45, 2.75) is 13.5 Å². The van der Waals surface area contributed by atoms with Gasteiger partial charge >= 0.3 is 5.97 Å². The Bertz CT molecular complexity index is 447. The minimum atomic E-state index is -0.769. The summed E-state index contributed by atoms with van der Waals surface area (Å²) in [6.45, 7) is 3.87. The minimum absolute atomic E-state index is 0.0494. The Balaban J connectivity index is 1.75. The summed E-state index contributed by atoms with van der Waals surface area (Å²) in [5, 5.41) is 13.9. The molecule has 1 aromatic heterocycles. The molecule has 2 rings (SSSR count). The van der Waals surface area contributed by atoms with E-state index >= 15 is 0 Å². The van der Waals surface area contributed by atoms with Crippen LogP contribution in [0.1, 0.15) is 11.8 Å². The molecule has 0 aliphatic carbocycles. The summed E-state index contributed by atoms with van der Waals surface area (Å²) >= 11 is 1.61. The fraction of sp³-hybridized carbons (Fsp3) is 0.538. The van der Waals surface area contributed by atoms with Gasteiger partial charge in [-0.3, -0.25) is 14.5 Å². The predicted molar refractivity (Wildman–Crippen MR) is 72.9 cm³/mol. The Morgan fingerprint density at radius 1 is 1.53 bits per heavy atom. The van der Waals surface area contributed by atoms with Gasteiger partial charge in [0.15, 0.2) is 0 Å². The van der Waals surface area contributed by atoms with E-state index in [0.717, 1.165) is 4.88 Å². The molecule has 2 N–H and O–H groups in total. The van der Waals surface area contributed by atoms with Gasteiger partial charge in [0.2, 0.25) is 5.91 Å². The molecule has 2 unspecified atom stereocenters. The fourth-order valence-electron chi connectivity index (χ4n) is 2.38. The maximum atomic E-state index is 11.8. The van der Waals surface area contributed by atoms with Gasteiger partial charge in [0.1, 0.15) is 0 Å². The predicted octanol–water partition coefficient (Wildman–Crippen LogP) is 1.02. The van der Waals surface area contributed by atoms with Crippen LogP contribution < -0.4 is 5.32 Å². The van der Waals surface area contributed by atoms with Crippen molar-refractivity contribution in [1.29, 1.82) is 0 Å². The number of carbonyl (C=O) groups excluding carboxylic acids is 1. The lowest BCUT2D eigenvalue weighted by atomic mass is 9.99. The first kappa shape index (κ1) is 14.0. The van der Waals surface area contributed by atoms with Crippen LogP contribution in [0.5, 0.6) is 0 Å². The molecule has 0 saturated carbocycles. The smallest absolute Gasteiger partial charge is 0.308 e. The van der Waals surface area contributed by atoms with Gasteiger partial charge in [0.25, 0.3) is 0 Å². The summed E-state index contributed by atoms with van der Waals surface area (Å²) in [6.07, 6.45) is 0. The summed E-state index contributed by atoms with van der Waals surface area (Å²) in [4.78, 5) is 25.8. The minimum Gasteiger partial charge on any atom is -0.481 e. The molecule has 0 spiro atoms. The van der Waals surface area contributed by atoms with Crippen molar-refractivity contribution in [2.75, 3.05) is 19.6 Å². The van der Waals surface area contributed by atoms with Crippen molar-refractivity contribution in [3.8, 4) is 0 Å². The molecule has 2 atom stereocenters. The average Bonchev–Trinajstić information content (AvgIpc) is 2.96. The van der Waals surface area contributed by atoms with Crippen LogP contribution in [0.25, 0.3) is 0 Å². The number of amides is 1. The number of rotatable bonds is 5. The van der Waals surface area contributed by atoms with E-state index < -0.39 is 5.97 Å². The van der Waals surface area contributed by atoms with Crippen LogP contribution in [0.15, 0.2) is 17.5 Å². The standard InChI is InChI=1S/C13H18N2O3S/c1-9-6-15(7-11(9)13(17)18)8-12(16)14-5-10-3-2-4-19-10/h2-4,9,11H,5-8H2,1H3,(H,14,16)(H,17,18). The number of carboxylic acid groups (broad SMARTS) is 1. The summed E-state index contributed by atoms with van der Waals surface area (Å²) in [7, 11) is 0. The number of likely N-dealkylation sites (tertiary alicyclic amines) is 1. The molecule has 1 aliphatic heterocycles. The largest absolute Gasteiger partial charge is 0.481 e. The number of hydrogen-bond donors (Lipinski definition) is 2. The first-order chi connectivity index (χ1) is 9.06. The Kier molecular flexibility index (Phi) is 4.55. The molecule has 1 aromatic rings. The van der Waals surface area contributed by atoms with Gasteiger partial charge in [-0.25, -0.2) is 0 Å². The quantitative estimate of drug-likeness (QED) is 0.846. The van der Waals surface area contributed by atoms with Gasteiger partial charge in [-0.15, -0.1) is 11.3 Å². The van der Waals surface area contributed by atoms with E-state index in [9.17, 15) is 9.59 Å². The number of aliphatic carboxylic acids is 1. The van der Waals surface area contributed by atoms with E-state index in [2.05, 4.69) is 5.32 Å². The zero-order valence-electron chi connectivity index (χ0n) is 10.8. The molecule has 19 heavy (non-hydrogen) atoms. The van der Waals surface area contributed by atoms with E-state index in [1.54, 1.807) is 11.3 Å². The van der Waals surface area contributed by atoms with Gasteiger partial charge in [-0.05, 0) is 17.4 Å². The molecule has 0 radical (unpaired) electrons. The SMILES string of the molecule is CC1CN(CC(=O)NCc2cccs2)CC1C(=O)O. The Labute approximate surface area is 116 Å². The van der Waals surface area contributed by atoms with Crippen LogP contribution in [0.4, 0.5) is 0 Å². The van der Waals surface area contributed by atoms with Crippen molar-refractivity contribution in [3.63, 3.8) is 0 Å². The molecule has 0 aromatic carbocycles. The van der Waals surface area contributed by atoms with Crippen molar-refractivity contribution in [3.05, 3.63) is 22.4 Å². The topological polar surface area (TPSA) is 69.6 Å². The zero-order chi connectivity index (χ0) is 13.8. The summed E-state index contributed by atoms with van der Waals surface area (Å²) in [6, 6.07) is 3.93. The van der Waals surface area contributed by atoms with Crippen molar-refractivity contribution < 1.29 is 14.7 Å². The first-order valence-electron chi connectivity index (χ1n) is 6.30. The number of nitrogens with one attached hydrogen (secondary N) is 1. The fourth-order valence-corrected chi connectivity index (χ4v) is 3.02. The molecule has 1 saturated heterocycles. The molecule has 104 valence electrons. The highest BCUT2D eigenvalue weighted by molar-refractivity contribution is 7.09. The first-order valence-corrected chi connectivity index (χ1v) is 7.18. The monoisotopic (exact) mass is 282 g/mol. The number of thiophene rings is 1. The van der Waals surface area contributed by atoms with E-state index in [1.807, 2.05) is 29.3 Å². The van der Waals surface area contributed by atoms with E-state index in [-0.39, 0.29) is 24.3 Å². The highest BCUT2D eigenvalue weighted by atomic mass is 32.1. The molecular weight excluding hydrogens is 264 g/mol. The van der Waals surface area contributed by atoms with E-state index in [0.29, 0.717) is 19.6 Å². The second kappa shape index (κ2) is 6.16. The number of nitrogens with zero attached hydrogens (tertiary/aromatic N) is 1. The maximum Gasteiger partial charge on any atom is 0.308 e. The molecule has 6 heteroatoms. The van der Waals surface area contributed by atoms with Crippen LogP contribution in [0.3, 0.4) is 0 Å². The van der Waals surface area contributed by atoms with Crippen LogP contribution in [0.2, 0.25) is 0 Å². The van der Waals surface area contributed by atoms with Gasteiger partial charge in [0.05, 0.1) is 19.0 Å². The Morgan fingerprint density at radius 3 is 2.89 bits per heavy atom. The second-order valence-corrected chi connectivity index (χ2v) is 6.00. The maximum absolute atomic E-state index is 11.8. The summed E-state index contributed by atoms with van der Waals surface area (Å²) in [5.41, 5.74) is 0. The molecule has 1 aliphatic rings. The van der Waals surface area contributed by atoms with Gasteiger partial charge < -0.3 is 10.4 Å². The summed E-state index contributed by atoms with van der Waals surface area (Å²) < 4.78 is 0. The average molecular weight is 282 g/mol. The molecule has 1 amide bonds. The van der Waals surface area contributed by atoms with Crippen LogP contribution in [-0.4, -0.2) is 41.5 Å². The highest BCUT2D eigenvalue weighted by Crippen LogP contribution is 2.22. The highest BCUT2D eigenvalue weighted by Gasteiger charge is 2.35. The molecule has 2 heterocycles. The van der Waals surface area contributed by atoms with E-state index in [4.69, 9.17) is 5.11 Å². The van der Waals surface area contributed by atoms with Gasteiger partial charge in [-0.2, -0.15) is 0 Å². The molecule has 0 bridgehead atoms. The molecular formula is C13H18N2O3S. The van der Waals surface area contributed by atoms with Crippen molar-refractivity contribution in [1.82, 2.24) is 10.2 Å². The third-order valence-corrected chi connectivity index (χ3v) is 4.29. The van der Waals surface area contributed by atoms with Crippen LogP contribution in [-0.2, 0) is 16.1 Å². The third kappa shape index (κ3) is 3.78. The van der Waals surface area contributed by atoms with Crippen molar-refractivity contribution in [2.24, 2.45) is 11.8 Å². The normalized spacial score (nSPS) is 23.4. The van der Waals surface area contributed by atoms with Crippen molar-refractivity contribution >= 4 is 23.2 Å². The van der Waals surface area contributed by atoms with Crippen LogP contribution in [0, 0.1) is 11.8 Å². The van der Waals surface area contributed by atoms with Gasteiger partial charge in [-0.1, -0.05) is 13.0 Å². The summed E-state index contributed by atoms with van der Waals surface area (Å²) in [5.74, 6) is -1.08. The Hall–Kier alpha value is -1.40. The lowest BCUT2D eigenvalue weighted by Gasteiger charge is -2.14. The zero-order valence-corrected chi connectivity index (χ0v) is 11.7. The lowest BCUT2D eigenvalue weighted by molar-refractivity contribution is -0.142. The molecule has 1 fully saturated rings. The third-order valence-electron chi connectivity index (χ3n) is 3.41. The van der Waals surface area contributed by atoms with E-state index in [1.165, 1.54) is 0 Å². The molecule has 5 nitrogen and oxygen atoms in total. The van der Waals surface area contributed by atoms with Gasteiger partial charge in [0, 0.05) is 18.0 Å².